The summed E-state index contributed by atoms with van der Waals surface area (Å²) in [7, 11) is 1.80. The SMILES string of the molecule is Cn1c(NCCCC2CCCCC2)nc2nc(N3CCCC(N)C3)n(Cc3ccccc3)c2c1=O. The number of nitrogens with one attached hydrogen (secondary N) is 1. The molecular weight excluding hydrogens is 438 g/mol. The van der Waals surface area contributed by atoms with E-state index in [4.69, 9.17) is 15.7 Å². The molecule has 35 heavy (non-hydrogen) atoms. The molecule has 1 atom stereocenters. The largest absolute Gasteiger partial charge is 0.356 e. The lowest BCUT2D eigenvalue weighted by Crippen LogP contribution is -2.44. The van der Waals surface area contributed by atoms with Gasteiger partial charge in [0.05, 0.1) is 6.54 Å². The minimum atomic E-state index is -0.0687. The number of hydrogen-bond acceptors (Lipinski definition) is 6. The first-order chi connectivity index (χ1) is 17.1. The number of fused-ring (bicyclic) bond motifs is 1. The molecule has 1 aliphatic carbocycles. The zero-order valence-electron chi connectivity index (χ0n) is 21.0. The highest BCUT2D eigenvalue weighted by atomic mass is 16.1. The van der Waals surface area contributed by atoms with Crippen molar-refractivity contribution in [2.24, 2.45) is 18.7 Å². The summed E-state index contributed by atoms with van der Waals surface area (Å²) in [5.41, 5.74) is 8.41. The molecule has 3 N–H and O–H groups in total. The molecule has 3 aromatic rings. The number of hydrogen-bond donors (Lipinski definition) is 2. The van der Waals surface area contributed by atoms with Crippen LogP contribution in [0.5, 0.6) is 0 Å². The zero-order chi connectivity index (χ0) is 24.2. The fraction of sp³-hybridized carbons (Fsp3) is 0.593. The molecule has 188 valence electrons. The van der Waals surface area contributed by atoms with Crippen molar-refractivity contribution in [2.45, 2.75) is 70.4 Å². The Morgan fingerprint density at radius 1 is 1.06 bits per heavy atom. The summed E-state index contributed by atoms with van der Waals surface area (Å²) in [6, 6.07) is 10.3. The number of piperidine rings is 1. The monoisotopic (exact) mass is 477 g/mol. The molecule has 8 nitrogen and oxygen atoms in total. The van der Waals surface area contributed by atoms with Gasteiger partial charge in [0.15, 0.2) is 11.2 Å². The lowest BCUT2D eigenvalue weighted by Gasteiger charge is -2.31. The van der Waals surface area contributed by atoms with Crippen molar-refractivity contribution >= 4 is 23.1 Å². The second-order valence-electron chi connectivity index (χ2n) is 10.4. The van der Waals surface area contributed by atoms with Crippen LogP contribution < -0.4 is 21.5 Å². The van der Waals surface area contributed by atoms with Crippen LogP contribution in [0.1, 0.15) is 63.4 Å². The molecule has 0 spiro atoms. The topological polar surface area (TPSA) is 94.0 Å². The maximum Gasteiger partial charge on any atom is 0.281 e. The van der Waals surface area contributed by atoms with Gasteiger partial charge in [0.2, 0.25) is 11.9 Å². The summed E-state index contributed by atoms with van der Waals surface area (Å²) in [6.07, 6.45) is 11.3. The van der Waals surface area contributed by atoms with Gasteiger partial charge in [-0.3, -0.25) is 13.9 Å². The van der Waals surface area contributed by atoms with E-state index >= 15 is 0 Å². The van der Waals surface area contributed by atoms with Gasteiger partial charge in [0, 0.05) is 32.7 Å². The van der Waals surface area contributed by atoms with Crippen molar-refractivity contribution in [3.63, 3.8) is 0 Å². The minimum Gasteiger partial charge on any atom is -0.356 e. The first kappa shape index (κ1) is 23.9. The van der Waals surface area contributed by atoms with E-state index in [0.717, 1.165) is 56.3 Å². The van der Waals surface area contributed by atoms with Crippen molar-refractivity contribution in [1.29, 1.82) is 0 Å². The van der Waals surface area contributed by atoms with Crippen LogP contribution >= 0.6 is 0 Å². The Morgan fingerprint density at radius 3 is 2.63 bits per heavy atom. The van der Waals surface area contributed by atoms with E-state index < -0.39 is 0 Å². The lowest BCUT2D eigenvalue weighted by molar-refractivity contribution is 0.335. The molecule has 1 saturated heterocycles. The van der Waals surface area contributed by atoms with Crippen LogP contribution in [0.4, 0.5) is 11.9 Å². The van der Waals surface area contributed by atoms with Crippen molar-refractivity contribution < 1.29 is 0 Å². The van der Waals surface area contributed by atoms with E-state index in [9.17, 15) is 4.79 Å². The van der Waals surface area contributed by atoms with Gasteiger partial charge in [0.1, 0.15) is 0 Å². The Morgan fingerprint density at radius 2 is 1.86 bits per heavy atom. The predicted octanol–water partition coefficient (Wildman–Crippen LogP) is 3.88. The Hall–Kier alpha value is -2.87. The molecule has 1 unspecified atom stereocenters. The molecule has 1 aliphatic heterocycles. The smallest absolute Gasteiger partial charge is 0.281 e. The molecule has 0 radical (unpaired) electrons. The van der Waals surface area contributed by atoms with Crippen LogP contribution in [0, 0.1) is 5.92 Å². The third-order valence-electron chi connectivity index (χ3n) is 7.69. The molecule has 3 heterocycles. The molecule has 1 aromatic carbocycles. The molecule has 2 aromatic heterocycles. The quantitative estimate of drug-likeness (QED) is 0.478. The number of aromatic nitrogens is 4. The number of benzene rings is 1. The average molecular weight is 478 g/mol. The summed E-state index contributed by atoms with van der Waals surface area (Å²) in [4.78, 5) is 25.5. The standard InChI is InChI=1S/C27H39N7O/c1-32-25(35)23-24(30-26(32)29-16-8-14-20-10-4-2-5-11-20)31-27(33-17-9-15-22(28)19-33)34(23)18-21-12-6-3-7-13-21/h3,6-7,12-13,20,22H,2,4-5,8-11,14-19,28H2,1H3,(H,29,30). The second-order valence-corrected chi connectivity index (χ2v) is 10.4. The van der Waals surface area contributed by atoms with Crippen molar-refractivity contribution in [3.05, 3.63) is 46.2 Å². The van der Waals surface area contributed by atoms with Gasteiger partial charge in [-0.1, -0.05) is 62.4 Å². The number of imidazole rings is 1. The van der Waals surface area contributed by atoms with Gasteiger partial charge in [-0.2, -0.15) is 9.97 Å². The van der Waals surface area contributed by atoms with Gasteiger partial charge in [-0.15, -0.1) is 0 Å². The molecule has 2 aliphatic rings. The fourth-order valence-electron chi connectivity index (χ4n) is 5.72. The minimum absolute atomic E-state index is 0.0687. The van der Waals surface area contributed by atoms with Crippen LogP contribution in [0.3, 0.4) is 0 Å². The molecule has 0 bridgehead atoms. The Bertz CT molecular complexity index is 1180. The van der Waals surface area contributed by atoms with Gasteiger partial charge in [0.25, 0.3) is 5.56 Å². The summed E-state index contributed by atoms with van der Waals surface area (Å²) in [5, 5.41) is 3.42. The normalized spacial score (nSPS) is 19.4. The second kappa shape index (κ2) is 10.8. The first-order valence-corrected chi connectivity index (χ1v) is 13.4. The fourth-order valence-corrected chi connectivity index (χ4v) is 5.72. The summed E-state index contributed by atoms with van der Waals surface area (Å²) < 4.78 is 3.67. The van der Waals surface area contributed by atoms with Gasteiger partial charge in [-0.25, -0.2) is 0 Å². The highest BCUT2D eigenvalue weighted by Gasteiger charge is 2.25. The average Bonchev–Trinajstić information content (AvgIpc) is 3.24. The van der Waals surface area contributed by atoms with E-state index in [0.29, 0.717) is 23.7 Å². The number of anilines is 2. The van der Waals surface area contributed by atoms with Gasteiger partial charge in [-0.05, 0) is 37.2 Å². The van der Waals surface area contributed by atoms with E-state index in [1.54, 1.807) is 11.6 Å². The molecule has 8 heteroatoms. The Balaban J connectivity index is 1.42. The van der Waals surface area contributed by atoms with E-state index in [2.05, 4.69) is 22.3 Å². The summed E-state index contributed by atoms with van der Waals surface area (Å²) in [5.74, 6) is 2.24. The summed E-state index contributed by atoms with van der Waals surface area (Å²) in [6.45, 7) is 3.02. The molecule has 2 fully saturated rings. The van der Waals surface area contributed by atoms with Crippen molar-refractivity contribution in [1.82, 2.24) is 19.1 Å². The van der Waals surface area contributed by atoms with E-state index in [1.165, 1.54) is 38.5 Å². The van der Waals surface area contributed by atoms with Crippen LogP contribution in [0.15, 0.2) is 35.1 Å². The molecule has 0 amide bonds. The first-order valence-electron chi connectivity index (χ1n) is 13.4. The van der Waals surface area contributed by atoms with Crippen molar-refractivity contribution in [3.8, 4) is 0 Å². The number of nitrogens with zero attached hydrogens (tertiary/aromatic N) is 5. The van der Waals surface area contributed by atoms with Crippen molar-refractivity contribution in [2.75, 3.05) is 29.9 Å². The van der Waals surface area contributed by atoms with Crippen LogP contribution in [-0.2, 0) is 13.6 Å². The number of rotatable bonds is 8. The molecule has 5 rings (SSSR count). The number of nitrogens with two attached hydrogens (primary N) is 1. The maximum atomic E-state index is 13.6. The predicted molar refractivity (Wildman–Crippen MR) is 142 cm³/mol. The van der Waals surface area contributed by atoms with Crippen LogP contribution in [-0.4, -0.2) is 44.8 Å². The van der Waals surface area contributed by atoms with E-state index in [1.807, 2.05) is 22.8 Å². The molecule has 1 saturated carbocycles. The molecular formula is C27H39N7O. The third-order valence-corrected chi connectivity index (χ3v) is 7.69. The van der Waals surface area contributed by atoms with Gasteiger partial charge < -0.3 is 16.0 Å². The van der Waals surface area contributed by atoms with Gasteiger partial charge >= 0.3 is 0 Å². The van der Waals surface area contributed by atoms with Crippen LogP contribution in [0.25, 0.3) is 11.2 Å². The third kappa shape index (κ3) is 5.37. The zero-order valence-corrected chi connectivity index (χ0v) is 21.0. The maximum absolute atomic E-state index is 13.6. The summed E-state index contributed by atoms with van der Waals surface area (Å²) >= 11 is 0. The van der Waals surface area contributed by atoms with Crippen LogP contribution in [0.2, 0.25) is 0 Å². The lowest BCUT2D eigenvalue weighted by atomic mass is 9.86. The Labute approximate surface area is 207 Å². The highest BCUT2D eigenvalue weighted by molar-refractivity contribution is 5.75. The Kier molecular flexibility index (Phi) is 7.37. The highest BCUT2D eigenvalue weighted by Crippen LogP contribution is 2.27. The van der Waals surface area contributed by atoms with E-state index in [-0.39, 0.29) is 11.6 Å².